The summed E-state index contributed by atoms with van der Waals surface area (Å²) in [6, 6.07) is 4.41. The van der Waals surface area contributed by atoms with Crippen LogP contribution in [0.1, 0.15) is 28.7 Å². The van der Waals surface area contributed by atoms with Gasteiger partial charge in [0, 0.05) is 26.7 Å². The van der Waals surface area contributed by atoms with Gasteiger partial charge < -0.3 is 9.47 Å². The number of hydrogen-bond acceptors (Lipinski definition) is 4. The Morgan fingerprint density at radius 2 is 1.71 bits per heavy atom. The monoisotopic (exact) mass is 293 g/mol. The number of ether oxygens (including phenoxy) is 2. The number of methoxy groups -OCH3 is 2. The number of aryl methyl sites for hydroxylation is 3. The molecule has 0 fully saturated rings. The molecule has 0 N–H and O–H groups in total. The molecule has 0 aromatic heterocycles. The third kappa shape index (κ3) is 5.86. The van der Waals surface area contributed by atoms with E-state index in [1.807, 2.05) is 0 Å². The van der Waals surface area contributed by atoms with Crippen molar-refractivity contribution in [3.63, 3.8) is 0 Å². The van der Waals surface area contributed by atoms with Crippen molar-refractivity contribution in [1.29, 1.82) is 0 Å². The van der Waals surface area contributed by atoms with Gasteiger partial charge in [0.15, 0.2) is 0 Å². The maximum Gasteiger partial charge on any atom is 0.306 e. The lowest BCUT2D eigenvalue weighted by atomic mass is 9.99. The number of carbonyl (C=O) groups is 1. The third-order valence-electron chi connectivity index (χ3n) is 3.69. The Hall–Kier alpha value is -1.39. The standard InChI is InChI=1S/C17H27NO3/c1-13-10-14(2)16(15(3)11-13)12-18(8-9-20-4)7-6-17(19)21-5/h10-11H,6-9,12H2,1-5H3. The molecule has 0 heterocycles. The first kappa shape index (κ1) is 17.7. The van der Waals surface area contributed by atoms with Crippen LogP contribution in [0.2, 0.25) is 0 Å². The number of hydrogen-bond donors (Lipinski definition) is 0. The smallest absolute Gasteiger partial charge is 0.306 e. The molecule has 1 aromatic carbocycles. The largest absolute Gasteiger partial charge is 0.469 e. The van der Waals surface area contributed by atoms with Gasteiger partial charge in [-0.25, -0.2) is 0 Å². The fourth-order valence-corrected chi connectivity index (χ4v) is 2.52. The quantitative estimate of drug-likeness (QED) is 0.691. The van der Waals surface area contributed by atoms with Crippen molar-refractivity contribution in [3.05, 3.63) is 34.4 Å². The van der Waals surface area contributed by atoms with Gasteiger partial charge in [-0.05, 0) is 37.5 Å². The van der Waals surface area contributed by atoms with Crippen LogP contribution in [0.4, 0.5) is 0 Å². The van der Waals surface area contributed by atoms with Crippen molar-refractivity contribution in [2.75, 3.05) is 33.9 Å². The Balaban J connectivity index is 2.77. The highest BCUT2D eigenvalue weighted by Gasteiger charge is 2.12. The molecule has 118 valence electrons. The summed E-state index contributed by atoms with van der Waals surface area (Å²) in [6.07, 6.45) is 0.407. The van der Waals surface area contributed by atoms with Gasteiger partial charge >= 0.3 is 5.97 Å². The van der Waals surface area contributed by atoms with Crippen LogP contribution >= 0.6 is 0 Å². The predicted octanol–water partition coefficient (Wildman–Crippen LogP) is 2.62. The number of esters is 1. The molecule has 1 rings (SSSR count). The van der Waals surface area contributed by atoms with Gasteiger partial charge in [0.05, 0.1) is 20.1 Å². The molecule has 0 unspecified atom stereocenters. The fraction of sp³-hybridized carbons (Fsp3) is 0.588. The summed E-state index contributed by atoms with van der Waals surface area (Å²) in [5, 5.41) is 0. The van der Waals surface area contributed by atoms with E-state index < -0.39 is 0 Å². The van der Waals surface area contributed by atoms with E-state index in [1.54, 1.807) is 7.11 Å². The van der Waals surface area contributed by atoms with Crippen molar-refractivity contribution in [1.82, 2.24) is 4.90 Å². The average Bonchev–Trinajstić information content (AvgIpc) is 2.44. The maximum atomic E-state index is 11.3. The minimum absolute atomic E-state index is 0.172. The second kappa shape index (κ2) is 8.80. The molecule has 0 saturated heterocycles. The van der Waals surface area contributed by atoms with E-state index in [0.717, 1.165) is 13.1 Å². The fourth-order valence-electron chi connectivity index (χ4n) is 2.52. The Labute approximate surface area is 128 Å². The van der Waals surface area contributed by atoms with Crippen molar-refractivity contribution in [3.8, 4) is 0 Å². The highest BCUT2D eigenvalue weighted by molar-refractivity contribution is 5.69. The number of carbonyl (C=O) groups excluding carboxylic acids is 1. The molecule has 0 spiro atoms. The molecule has 4 nitrogen and oxygen atoms in total. The maximum absolute atomic E-state index is 11.3. The van der Waals surface area contributed by atoms with E-state index in [1.165, 1.54) is 29.4 Å². The molecule has 4 heteroatoms. The van der Waals surface area contributed by atoms with Gasteiger partial charge in [0.2, 0.25) is 0 Å². The minimum Gasteiger partial charge on any atom is -0.469 e. The van der Waals surface area contributed by atoms with Crippen LogP contribution in [-0.2, 0) is 20.8 Å². The Morgan fingerprint density at radius 3 is 2.24 bits per heavy atom. The molecule has 0 bridgehead atoms. The molecule has 0 saturated carbocycles. The lowest BCUT2D eigenvalue weighted by Gasteiger charge is -2.24. The van der Waals surface area contributed by atoms with Crippen LogP contribution in [0.25, 0.3) is 0 Å². The first-order valence-electron chi connectivity index (χ1n) is 7.32. The number of rotatable bonds is 8. The van der Waals surface area contributed by atoms with Crippen molar-refractivity contribution < 1.29 is 14.3 Å². The van der Waals surface area contributed by atoms with Crippen LogP contribution in [0.15, 0.2) is 12.1 Å². The molecule has 0 aliphatic heterocycles. The van der Waals surface area contributed by atoms with Crippen molar-refractivity contribution >= 4 is 5.97 Å². The predicted molar refractivity (Wildman–Crippen MR) is 84.4 cm³/mol. The first-order chi connectivity index (χ1) is 9.97. The van der Waals surface area contributed by atoms with Gasteiger partial charge in [0.25, 0.3) is 0 Å². The molecular formula is C17H27NO3. The summed E-state index contributed by atoms with van der Waals surface area (Å²) in [5.74, 6) is -0.172. The topological polar surface area (TPSA) is 38.8 Å². The zero-order valence-corrected chi connectivity index (χ0v) is 13.9. The lowest BCUT2D eigenvalue weighted by molar-refractivity contribution is -0.141. The minimum atomic E-state index is -0.172. The zero-order valence-electron chi connectivity index (χ0n) is 13.9. The van der Waals surface area contributed by atoms with Gasteiger partial charge in [0.1, 0.15) is 0 Å². The van der Waals surface area contributed by atoms with E-state index >= 15 is 0 Å². The lowest BCUT2D eigenvalue weighted by Crippen LogP contribution is -2.30. The molecule has 0 aliphatic rings. The Bertz CT molecular complexity index is 448. The average molecular weight is 293 g/mol. The van der Waals surface area contributed by atoms with Crippen LogP contribution in [0.5, 0.6) is 0 Å². The molecule has 0 radical (unpaired) electrons. The van der Waals surface area contributed by atoms with E-state index in [-0.39, 0.29) is 5.97 Å². The Morgan fingerprint density at radius 1 is 1.10 bits per heavy atom. The molecule has 1 aromatic rings. The SMILES string of the molecule is COCCN(CCC(=O)OC)Cc1c(C)cc(C)cc1C. The van der Waals surface area contributed by atoms with Crippen LogP contribution in [0, 0.1) is 20.8 Å². The van der Waals surface area contributed by atoms with E-state index in [4.69, 9.17) is 9.47 Å². The summed E-state index contributed by atoms with van der Waals surface area (Å²) in [5.41, 5.74) is 5.22. The summed E-state index contributed by atoms with van der Waals surface area (Å²) >= 11 is 0. The molecule has 21 heavy (non-hydrogen) atoms. The molecule has 0 amide bonds. The zero-order chi connectivity index (χ0) is 15.8. The van der Waals surface area contributed by atoms with Gasteiger partial charge in [-0.15, -0.1) is 0 Å². The number of benzene rings is 1. The van der Waals surface area contributed by atoms with E-state index in [2.05, 4.69) is 37.8 Å². The second-order valence-electron chi connectivity index (χ2n) is 5.47. The van der Waals surface area contributed by atoms with Crippen LogP contribution in [-0.4, -0.2) is 44.8 Å². The second-order valence-corrected chi connectivity index (χ2v) is 5.47. The van der Waals surface area contributed by atoms with E-state index in [0.29, 0.717) is 19.6 Å². The molecule has 0 atom stereocenters. The van der Waals surface area contributed by atoms with Gasteiger partial charge in [-0.2, -0.15) is 0 Å². The normalized spacial score (nSPS) is 11.0. The molecular weight excluding hydrogens is 266 g/mol. The Kier molecular flexibility index (Phi) is 7.40. The van der Waals surface area contributed by atoms with Gasteiger partial charge in [-0.1, -0.05) is 17.7 Å². The number of nitrogens with zero attached hydrogens (tertiary/aromatic N) is 1. The van der Waals surface area contributed by atoms with Crippen LogP contribution < -0.4 is 0 Å². The van der Waals surface area contributed by atoms with Crippen LogP contribution in [0.3, 0.4) is 0 Å². The third-order valence-corrected chi connectivity index (χ3v) is 3.69. The van der Waals surface area contributed by atoms with Crippen molar-refractivity contribution in [2.45, 2.75) is 33.7 Å². The molecule has 0 aliphatic carbocycles. The summed E-state index contributed by atoms with van der Waals surface area (Å²) in [6.45, 7) is 9.38. The van der Waals surface area contributed by atoms with Crippen molar-refractivity contribution in [2.24, 2.45) is 0 Å². The first-order valence-corrected chi connectivity index (χ1v) is 7.32. The van der Waals surface area contributed by atoms with E-state index in [9.17, 15) is 4.79 Å². The summed E-state index contributed by atoms with van der Waals surface area (Å²) in [4.78, 5) is 13.6. The summed E-state index contributed by atoms with van der Waals surface area (Å²) in [7, 11) is 3.12. The van der Waals surface area contributed by atoms with Gasteiger partial charge in [-0.3, -0.25) is 9.69 Å². The summed E-state index contributed by atoms with van der Waals surface area (Å²) < 4.78 is 9.89. The highest BCUT2D eigenvalue weighted by Crippen LogP contribution is 2.18. The highest BCUT2D eigenvalue weighted by atomic mass is 16.5.